The summed E-state index contributed by atoms with van der Waals surface area (Å²) in [5.41, 5.74) is 2.16. The molecule has 1 aliphatic heterocycles. The molecule has 0 aliphatic carbocycles. The Morgan fingerprint density at radius 2 is 1.73 bits per heavy atom. The number of ether oxygens (including phenoxy) is 1. The van der Waals surface area contributed by atoms with E-state index >= 15 is 0 Å². The summed E-state index contributed by atoms with van der Waals surface area (Å²) in [6.07, 6.45) is 0. The van der Waals surface area contributed by atoms with Gasteiger partial charge in [0.15, 0.2) is 5.11 Å². The maximum Gasteiger partial charge on any atom is 0.257 e. The number of piperazine rings is 1. The van der Waals surface area contributed by atoms with Crippen molar-refractivity contribution < 1.29 is 18.7 Å². The number of benzene rings is 3. The lowest BCUT2D eigenvalue weighted by Crippen LogP contribution is -2.49. The minimum Gasteiger partial charge on any atom is -0.492 e. The van der Waals surface area contributed by atoms with E-state index in [1.165, 1.54) is 18.2 Å². The fraction of sp³-hybridized carbons (Fsp3) is 0.222. The quantitative estimate of drug-likeness (QED) is 0.430. The van der Waals surface area contributed by atoms with Gasteiger partial charge < -0.3 is 19.9 Å². The SMILES string of the molecule is CCOc1ccc(C(=O)NC(=S)Nc2ccc(N3CCN(C(=O)c4ccccc4F)CC3)cc2)cc1Cl. The maximum absolute atomic E-state index is 14.0. The monoisotopic (exact) mass is 540 g/mol. The number of thiocarbonyl (C=S) groups is 1. The Balaban J connectivity index is 1.28. The van der Waals surface area contributed by atoms with E-state index in [9.17, 15) is 14.0 Å². The van der Waals surface area contributed by atoms with Gasteiger partial charge in [-0.1, -0.05) is 23.7 Å². The van der Waals surface area contributed by atoms with Crippen molar-refractivity contribution in [1.82, 2.24) is 10.2 Å². The first-order valence-corrected chi connectivity index (χ1v) is 12.6. The molecule has 1 heterocycles. The Kier molecular flexibility index (Phi) is 8.58. The van der Waals surface area contributed by atoms with Crippen LogP contribution in [0.15, 0.2) is 66.7 Å². The number of carbonyl (C=O) groups excluding carboxylic acids is 2. The van der Waals surface area contributed by atoms with Crippen LogP contribution in [0, 0.1) is 5.82 Å². The minimum absolute atomic E-state index is 0.0973. The number of nitrogens with one attached hydrogen (secondary N) is 2. The Morgan fingerprint density at radius 1 is 1.03 bits per heavy atom. The molecule has 3 aromatic carbocycles. The lowest BCUT2D eigenvalue weighted by molar-refractivity contribution is 0.0742. The van der Waals surface area contributed by atoms with Crippen LogP contribution in [0.4, 0.5) is 15.8 Å². The van der Waals surface area contributed by atoms with Crippen LogP contribution < -0.4 is 20.3 Å². The largest absolute Gasteiger partial charge is 0.492 e. The standard InChI is InChI=1S/C27H26ClFN4O3S/c1-2-36-24-12-7-18(17-22(24)28)25(34)31-27(37)30-19-8-10-20(11-9-19)32-13-15-33(16-14-32)26(35)21-5-3-4-6-23(21)29/h3-12,17H,2,13-16H2,1H3,(H2,30,31,34,37). The molecule has 1 aliphatic rings. The van der Waals surface area contributed by atoms with Crippen LogP contribution in [0.25, 0.3) is 0 Å². The molecule has 2 amide bonds. The van der Waals surface area contributed by atoms with Crippen LogP contribution >= 0.6 is 23.8 Å². The molecule has 0 unspecified atom stereocenters. The summed E-state index contributed by atoms with van der Waals surface area (Å²) in [6, 6.07) is 18.4. The van der Waals surface area contributed by atoms with Crippen LogP contribution in [-0.4, -0.2) is 54.6 Å². The van der Waals surface area contributed by atoms with Crippen molar-refractivity contribution in [3.63, 3.8) is 0 Å². The second-order valence-electron chi connectivity index (χ2n) is 8.29. The third-order valence-electron chi connectivity index (χ3n) is 5.88. The van der Waals surface area contributed by atoms with Gasteiger partial charge >= 0.3 is 0 Å². The summed E-state index contributed by atoms with van der Waals surface area (Å²) in [4.78, 5) is 29.0. The van der Waals surface area contributed by atoms with Crippen molar-refractivity contribution in [2.24, 2.45) is 0 Å². The van der Waals surface area contributed by atoms with Crippen molar-refractivity contribution in [2.45, 2.75) is 6.92 Å². The smallest absolute Gasteiger partial charge is 0.257 e. The second kappa shape index (κ2) is 12.0. The lowest BCUT2D eigenvalue weighted by Gasteiger charge is -2.36. The molecule has 1 fully saturated rings. The summed E-state index contributed by atoms with van der Waals surface area (Å²) in [5, 5.41) is 6.15. The van der Waals surface area contributed by atoms with Gasteiger partial charge in [0, 0.05) is 43.1 Å². The fourth-order valence-electron chi connectivity index (χ4n) is 3.98. The van der Waals surface area contributed by atoms with Crippen LogP contribution in [-0.2, 0) is 0 Å². The van der Waals surface area contributed by atoms with Gasteiger partial charge in [-0.25, -0.2) is 4.39 Å². The molecule has 3 aromatic rings. The van der Waals surface area contributed by atoms with Gasteiger partial charge in [-0.05, 0) is 73.7 Å². The minimum atomic E-state index is -0.504. The predicted molar refractivity (Wildman–Crippen MR) is 147 cm³/mol. The zero-order chi connectivity index (χ0) is 26.4. The molecule has 0 atom stereocenters. The third kappa shape index (κ3) is 6.55. The van der Waals surface area contributed by atoms with Crippen molar-refractivity contribution in [3.05, 3.63) is 88.7 Å². The molecule has 0 saturated carbocycles. The van der Waals surface area contributed by atoms with Gasteiger partial charge in [-0.3, -0.25) is 14.9 Å². The van der Waals surface area contributed by atoms with Crippen molar-refractivity contribution in [2.75, 3.05) is 43.0 Å². The summed E-state index contributed by atoms with van der Waals surface area (Å²) < 4.78 is 19.4. The van der Waals surface area contributed by atoms with Crippen molar-refractivity contribution in [1.29, 1.82) is 0 Å². The van der Waals surface area contributed by atoms with E-state index in [2.05, 4.69) is 15.5 Å². The van der Waals surface area contributed by atoms with Crippen LogP contribution in [0.5, 0.6) is 5.75 Å². The summed E-state index contributed by atoms with van der Waals surface area (Å²) >= 11 is 11.4. The maximum atomic E-state index is 14.0. The zero-order valence-corrected chi connectivity index (χ0v) is 21.7. The molecule has 1 saturated heterocycles. The molecule has 0 spiro atoms. The third-order valence-corrected chi connectivity index (χ3v) is 6.38. The Bertz CT molecular complexity index is 1300. The first-order valence-electron chi connectivity index (χ1n) is 11.8. The van der Waals surface area contributed by atoms with Gasteiger partial charge in [0.05, 0.1) is 17.2 Å². The summed E-state index contributed by atoms with van der Waals surface area (Å²) in [5.74, 6) is -0.669. The Hall–Kier alpha value is -3.69. The number of anilines is 2. The lowest BCUT2D eigenvalue weighted by atomic mass is 10.1. The molecule has 4 rings (SSSR count). The van der Waals surface area contributed by atoms with Crippen LogP contribution in [0.1, 0.15) is 27.6 Å². The predicted octanol–water partition coefficient (Wildman–Crippen LogP) is 4.97. The molecule has 0 aromatic heterocycles. The molecule has 2 N–H and O–H groups in total. The highest BCUT2D eigenvalue weighted by atomic mass is 35.5. The number of carbonyl (C=O) groups is 2. The Labute approximate surface area is 225 Å². The first kappa shape index (κ1) is 26.4. The molecular formula is C27H26ClFN4O3S. The van der Waals surface area contributed by atoms with E-state index < -0.39 is 5.82 Å². The van der Waals surface area contributed by atoms with Gasteiger partial charge in [0.1, 0.15) is 11.6 Å². The van der Waals surface area contributed by atoms with E-state index in [0.29, 0.717) is 54.8 Å². The highest BCUT2D eigenvalue weighted by Crippen LogP contribution is 2.25. The van der Waals surface area contributed by atoms with E-state index in [1.807, 2.05) is 31.2 Å². The van der Waals surface area contributed by atoms with Crippen molar-refractivity contribution >= 4 is 52.1 Å². The van der Waals surface area contributed by atoms with Gasteiger partial charge in [-0.15, -0.1) is 0 Å². The molecule has 10 heteroatoms. The molecule has 37 heavy (non-hydrogen) atoms. The highest BCUT2D eigenvalue weighted by Gasteiger charge is 2.24. The molecule has 192 valence electrons. The number of rotatable bonds is 6. The van der Waals surface area contributed by atoms with Crippen LogP contribution in [0.3, 0.4) is 0 Å². The van der Waals surface area contributed by atoms with E-state index in [4.69, 9.17) is 28.6 Å². The van der Waals surface area contributed by atoms with E-state index in [1.54, 1.807) is 29.2 Å². The molecule has 0 radical (unpaired) electrons. The van der Waals surface area contributed by atoms with Gasteiger partial charge in [0.25, 0.3) is 11.8 Å². The molecule has 7 nitrogen and oxygen atoms in total. The molecular weight excluding hydrogens is 515 g/mol. The zero-order valence-electron chi connectivity index (χ0n) is 20.2. The highest BCUT2D eigenvalue weighted by molar-refractivity contribution is 7.80. The van der Waals surface area contributed by atoms with E-state index in [0.717, 1.165) is 5.69 Å². The Morgan fingerprint density at radius 3 is 2.38 bits per heavy atom. The van der Waals surface area contributed by atoms with Gasteiger partial charge in [0.2, 0.25) is 0 Å². The number of hydrogen-bond acceptors (Lipinski definition) is 5. The average molecular weight is 541 g/mol. The normalized spacial score (nSPS) is 13.2. The second-order valence-corrected chi connectivity index (χ2v) is 9.11. The number of nitrogens with zero attached hydrogens (tertiary/aromatic N) is 2. The number of halogens is 2. The van der Waals surface area contributed by atoms with Crippen molar-refractivity contribution in [3.8, 4) is 5.75 Å². The van der Waals surface area contributed by atoms with Gasteiger partial charge in [-0.2, -0.15) is 0 Å². The average Bonchev–Trinajstić information content (AvgIpc) is 2.90. The fourth-order valence-corrected chi connectivity index (χ4v) is 4.43. The van der Waals surface area contributed by atoms with E-state index in [-0.39, 0.29) is 22.5 Å². The topological polar surface area (TPSA) is 73.9 Å². The van der Waals surface area contributed by atoms with Crippen LogP contribution in [0.2, 0.25) is 5.02 Å². The number of amides is 2. The molecule has 0 bridgehead atoms. The first-order chi connectivity index (χ1) is 17.9. The summed E-state index contributed by atoms with van der Waals surface area (Å²) in [7, 11) is 0. The number of hydrogen-bond donors (Lipinski definition) is 2. The summed E-state index contributed by atoms with van der Waals surface area (Å²) in [6.45, 7) is 4.59.